The van der Waals surface area contributed by atoms with Gasteiger partial charge in [-0.05, 0) is 42.8 Å². The van der Waals surface area contributed by atoms with Crippen LogP contribution < -0.4 is 25.0 Å². The maximum atomic E-state index is 12.0. The summed E-state index contributed by atoms with van der Waals surface area (Å²) in [4.78, 5) is 23.9. The Morgan fingerprint density at radius 1 is 1.07 bits per heavy atom. The van der Waals surface area contributed by atoms with Gasteiger partial charge in [-0.1, -0.05) is 0 Å². The largest absolute Gasteiger partial charge is 0.504 e. The van der Waals surface area contributed by atoms with E-state index in [2.05, 4.69) is 15.8 Å². The lowest BCUT2D eigenvalue weighted by atomic mass is 10.2. The summed E-state index contributed by atoms with van der Waals surface area (Å²) in [5.41, 5.74) is 3.01. The number of aromatic hydroxyl groups is 1. The maximum absolute atomic E-state index is 12.0. The first-order valence-electron chi connectivity index (χ1n) is 8.30. The monoisotopic (exact) mass is 387 g/mol. The minimum absolute atomic E-state index is 0.00384. The van der Waals surface area contributed by atoms with Crippen LogP contribution in [0, 0.1) is 0 Å². The second-order valence-electron chi connectivity index (χ2n) is 5.38. The minimum Gasteiger partial charge on any atom is -0.504 e. The lowest BCUT2D eigenvalue weighted by Gasteiger charge is -2.10. The number of amides is 2. The molecule has 0 aromatic heterocycles. The fourth-order valence-electron chi connectivity index (χ4n) is 2.18. The summed E-state index contributed by atoms with van der Waals surface area (Å²) >= 11 is 0. The molecule has 0 aliphatic carbocycles. The third-order valence-electron chi connectivity index (χ3n) is 3.53. The summed E-state index contributed by atoms with van der Waals surface area (Å²) in [6.07, 6.45) is 1.32. The zero-order valence-electron chi connectivity index (χ0n) is 15.7. The number of phenolic OH excluding ortho intramolecular Hbond substituents is 1. The molecule has 2 amide bonds. The van der Waals surface area contributed by atoms with Crippen molar-refractivity contribution in [1.82, 2.24) is 5.43 Å². The van der Waals surface area contributed by atoms with Crippen LogP contribution in [0.3, 0.4) is 0 Å². The third kappa shape index (κ3) is 5.37. The highest BCUT2D eigenvalue weighted by Crippen LogP contribution is 2.29. The van der Waals surface area contributed by atoms with Gasteiger partial charge in [-0.25, -0.2) is 5.43 Å². The number of hydrogen-bond acceptors (Lipinski definition) is 7. The summed E-state index contributed by atoms with van der Waals surface area (Å²) < 4.78 is 15.5. The summed E-state index contributed by atoms with van der Waals surface area (Å²) in [6.45, 7) is 2.18. The van der Waals surface area contributed by atoms with Crippen molar-refractivity contribution in [3.05, 3.63) is 42.0 Å². The topological polar surface area (TPSA) is 118 Å². The van der Waals surface area contributed by atoms with Crippen molar-refractivity contribution in [2.75, 3.05) is 26.1 Å². The zero-order chi connectivity index (χ0) is 20.5. The third-order valence-corrected chi connectivity index (χ3v) is 3.53. The number of benzene rings is 2. The number of hydrazone groups is 1. The molecule has 2 rings (SSSR count). The molecule has 9 nitrogen and oxygen atoms in total. The Morgan fingerprint density at radius 3 is 2.54 bits per heavy atom. The first-order valence-corrected chi connectivity index (χ1v) is 8.30. The van der Waals surface area contributed by atoms with Gasteiger partial charge in [-0.2, -0.15) is 5.10 Å². The Morgan fingerprint density at radius 2 is 1.86 bits per heavy atom. The SMILES string of the molecule is CCOc1cc(/C=N/NC(=O)C(=O)Nc2ccc(OC)cc2OC)ccc1O. The molecule has 2 aromatic rings. The van der Waals surface area contributed by atoms with Crippen LogP contribution in [0.15, 0.2) is 41.5 Å². The number of ether oxygens (including phenoxy) is 3. The van der Waals surface area contributed by atoms with Gasteiger partial charge in [0.15, 0.2) is 11.5 Å². The second kappa shape index (κ2) is 9.81. The van der Waals surface area contributed by atoms with E-state index in [-0.39, 0.29) is 5.75 Å². The van der Waals surface area contributed by atoms with E-state index >= 15 is 0 Å². The van der Waals surface area contributed by atoms with Crippen LogP contribution >= 0.6 is 0 Å². The molecular formula is C19H21N3O6. The molecule has 0 aliphatic heterocycles. The Labute approximate surface area is 161 Å². The fourth-order valence-corrected chi connectivity index (χ4v) is 2.18. The normalized spacial score (nSPS) is 10.4. The summed E-state index contributed by atoms with van der Waals surface area (Å²) in [6, 6.07) is 9.32. The van der Waals surface area contributed by atoms with Crippen molar-refractivity contribution in [2.24, 2.45) is 5.10 Å². The lowest BCUT2D eigenvalue weighted by Crippen LogP contribution is -2.32. The second-order valence-corrected chi connectivity index (χ2v) is 5.38. The molecule has 0 saturated carbocycles. The molecule has 0 saturated heterocycles. The van der Waals surface area contributed by atoms with Crippen molar-refractivity contribution in [2.45, 2.75) is 6.92 Å². The number of carbonyl (C=O) groups is 2. The molecule has 0 aliphatic rings. The van der Waals surface area contributed by atoms with Gasteiger partial charge in [-0.15, -0.1) is 0 Å². The average molecular weight is 387 g/mol. The van der Waals surface area contributed by atoms with Crippen molar-refractivity contribution in [3.8, 4) is 23.0 Å². The van der Waals surface area contributed by atoms with Gasteiger partial charge in [0.1, 0.15) is 11.5 Å². The van der Waals surface area contributed by atoms with Crippen LogP contribution in [0.1, 0.15) is 12.5 Å². The van der Waals surface area contributed by atoms with Gasteiger partial charge < -0.3 is 24.6 Å². The van der Waals surface area contributed by atoms with Gasteiger partial charge in [0.2, 0.25) is 0 Å². The molecule has 9 heteroatoms. The predicted octanol–water partition coefficient (Wildman–Crippen LogP) is 1.90. The highest BCUT2D eigenvalue weighted by atomic mass is 16.5. The number of anilines is 1. The number of rotatable bonds is 7. The summed E-state index contributed by atoms with van der Waals surface area (Å²) in [7, 11) is 2.94. The van der Waals surface area contributed by atoms with Gasteiger partial charge >= 0.3 is 11.8 Å². The van der Waals surface area contributed by atoms with E-state index in [4.69, 9.17) is 14.2 Å². The predicted molar refractivity (Wildman–Crippen MR) is 103 cm³/mol. The summed E-state index contributed by atoms with van der Waals surface area (Å²) in [5.74, 6) is -0.696. The lowest BCUT2D eigenvalue weighted by molar-refractivity contribution is -0.136. The smallest absolute Gasteiger partial charge is 0.329 e. The Balaban J connectivity index is 1.98. The molecule has 0 atom stereocenters. The Hall–Kier alpha value is -3.75. The molecule has 0 bridgehead atoms. The quantitative estimate of drug-likeness (QED) is 0.379. The minimum atomic E-state index is -0.960. The first kappa shape index (κ1) is 20.6. The Bertz CT molecular complexity index is 882. The average Bonchev–Trinajstić information content (AvgIpc) is 2.70. The van der Waals surface area contributed by atoms with E-state index in [1.807, 2.05) is 0 Å². The van der Waals surface area contributed by atoms with E-state index in [0.717, 1.165) is 0 Å². The molecule has 28 heavy (non-hydrogen) atoms. The van der Waals surface area contributed by atoms with Crippen LogP contribution in [-0.2, 0) is 9.59 Å². The summed E-state index contributed by atoms with van der Waals surface area (Å²) in [5, 5.41) is 15.8. The first-order chi connectivity index (χ1) is 13.5. The fraction of sp³-hybridized carbons (Fsp3) is 0.211. The number of carbonyl (C=O) groups excluding carboxylic acids is 2. The van der Waals surface area contributed by atoms with Crippen LogP contribution in [-0.4, -0.2) is 44.0 Å². The molecule has 0 fully saturated rings. The van der Waals surface area contributed by atoms with E-state index in [1.54, 1.807) is 37.3 Å². The molecule has 0 spiro atoms. The van der Waals surface area contributed by atoms with Crippen LogP contribution in [0.25, 0.3) is 0 Å². The van der Waals surface area contributed by atoms with E-state index in [9.17, 15) is 14.7 Å². The van der Waals surface area contributed by atoms with Crippen LogP contribution in [0.5, 0.6) is 23.0 Å². The molecule has 148 valence electrons. The van der Waals surface area contributed by atoms with Crippen LogP contribution in [0.4, 0.5) is 5.69 Å². The van der Waals surface area contributed by atoms with E-state index in [0.29, 0.717) is 35.1 Å². The van der Waals surface area contributed by atoms with Crippen molar-refractivity contribution < 1.29 is 28.9 Å². The van der Waals surface area contributed by atoms with Gasteiger partial charge in [0.05, 0.1) is 32.7 Å². The molecular weight excluding hydrogens is 366 g/mol. The van der Waals surface area contributed by atoms with Gasteiger partial charge in [-0.3, -0.25) is 9.59 Å². The van der Waals surface area contributed by atoms with Crippen molar-refractivity contribution in [3.63, 3.8) is 0 Å². The number of phenols is 1. The molecule has 2 aromatic carbocycles. The van der Waals surface area contributed by atoms with E-state index in [1.165, 1.54) is 26.5 Å². The number of nitrogens with zero attached hydrogens (tertiary/aromatic N) is 1. The molecule has 0 unspecified atom stereocenters. The standard InChI is InChI=1S/C19H21N3O6/c1-4-28-17-9-12(5-8-15(17)23)11-20-22-19(25)18(24)21-14-7-6-13(26-2)10-16(14)27-3/h5-11,23H,4H2,1-3H3,(H,21,24)(H,22,25)/b20-11+. The highest BCUT2D eigenvalue weighted by Gasteiger charge is 2.15. The molecule has 3 N–H and O–H groups in total. The zero-order valence-corrected chi connectivity index (χ0v) is 15.7. The van der Waals surface area contributed by atoms with Crippen molar-refractivity contribution in [1.29, 1.82) is 0 Å². The molecule has 0 radical (unpaired) electrons. The van der Waals surface area contributed by atoms with Crippen LogP contribution in [0.2, 0.25) is 0 Å². The Kier molecular flexibility index (Phi) is 7.21. The molecule has 0 heterocycles. The number of nitrogens with one attached hydrogen (secondary N) is 2. The number of methoxy groups -OCH3 is 2. The number of hydrogen-bond donors (Lipinski definition) is 3. The van der Waals surface area contributed by atoms with Crippen molar-refractivity contribution >= 4 is 23.7 Å². The van der Waals surface area contributed by atoms with Gasteiger partial charge in [0, 0.05) is 6.07 Å². The maximum Gasteiger partial charge on any atom is 0.329 e. The van der Waals surface area contributed by atoms with E-state index < -0.39 is 11.8 Å². The van der Waals surface area contributed by atoms with Gasteiger partial charge in [0.25, 0.3) is 0 Å². The highest BCUT2D eigenvalue weighted by molar-refractivity contribution is 6.39.